The smallest absolute Gasteiger partial charge is 0.166 e. The van der Waals surface area contributed by atoms with Crippen molar-refractivity contribution in [3.8, 4) is 5.69 Å². The fourth-order valence-corrected chi connectivity index (χ4v) is 3.51. The van der Waals surface area contributed by atoms with E-state index in [0.717, 1.165) is 24.5 Å². The van der Waals surface area contributed by atoms with Gasteiger partial charge < -0.3 is 10.6 Å². The van der Waals surface area contributed by atoms with E-state index in [2.05, 4.69) is 36.5 Å². The molecule has 1 aromatic heterocycles. The van der Waals surface area contributed by atoms with Gasteiger partial charge in [0, 0.05) is 24.9 Å². The van der Waals surface area contributed by atoms with E-state index in [0.29, 0.717) is 29.2 Å². The standard InChI is InChI=1S/C18H24FN5S/c1-11(2)8-16-22-17(10-13-9-12(3)20-18(25)21-13)24(23-16)15-7-5-4-6-14(15)19/h4-7,11-13H,8-10H2,1-3H3,(H2,20,21,25)/t12-,13+/m1/s1. The second-order valence-electron chi connectivity index (χ2n) is 7.06. The molecule has 2 heterocycles. The van der Waals surface area contributed by atoms with Crippen molar-refractivity contribution < 1.29 is 4.39 Å². The monoisotopic (exact) mass is 361 g/mol. The highest BCUT2D eigenvalue weighted by atomic mass is 32.1. The molecule has 1 fully saturated rings. The zero-order valence-corrected chi connectivity index (χ0v) is 15.6. The van der Waals surface area contributed by atoms with Crippen molar-refractivity contribution in [2.45, 2.75) is 52.1 Å². The summed E-state index contributed by atoms with van der Waals surface area (Å²) in [6.45, 7) is 6.35. The van der Waals surface area contributed by atoms with Crippen LogP contribution in [-0.4, -0.2) is 32.0 Å². The quantitative estimate of drug-likeness (QED) is 0.802. The summed E-state index contributed by atoms with van der Waals surface area (Å²) in [6.07, 6.45) is 2.33. The summed E-state index contributed by atoms with van der Waals surface area (Å²) in [5, 5.41) is 11.7. The van der Waals surface area contributed by atoms with Crippen molar-refractivity contribution >= 4 is 17.3 Å². The molecule has 0 unspecified atom stereocenters. The minimum absolute atomic E-state index is 0.158. The van der Waals surface area contributed by atoms with E-state index in [1.54, 1.807) is 16.8 Å². The van der Waals surface area contributed by atoms with E-state index in [1.165, 1.54) is 6.07 Å². The van der Waals surface area contributed by atoms with Crippen molar-refractivity contribution in [3.05, 3.63) is 41.7 Å². The minimum atomic E-state index is -0.299. The molecule has 0 amide bonds. The van der Waals surface area contributed by atoms with Gasteiger partial charge in [0.1, 0.15) is 17.3 Å². The summed E-state index contributed by atoms with van der Waals surface area (Å²) in [6, 6.07) is 7.13. The first-order chi connectivity index (χ1) is 11.9. The molecular weight excluding hydrogens is 337 g/mol. The number of para-hydroxylation sites is 1. The molecule has 7 heteroatoms. The zero-order valence-electron chi connectivity index (χ0n) is 14.8. The highest BCUT2D eigenvalue weighted by molar-refractivity contribution is 7.80. The van der Waals surface area contributed by atoms with Gasteiger partial charge in [-0.3, -0.25) is 0 Å². The Balaban J connectivity index is 1.92. The van der Waals surface area contributed by atoms with Gasteiger partial charge in [0.15, 0.2) is 10.9 Å². The molecule has 1 aromatic carbocycles. The summed E-state index contributed by atoms with van der Waals surface area (Å²) >= 11 is 5.26. The van der Waals surface area contributed by atoms with Gasteiger partial charge in [-0.1, -0.05) is 26.0 Å². The summed E-state index contributed by atoms with van der Waals surface area (Å²) < 4.78 is 15.9. The molecule has 5 nitrogen and oxygen atoms in total. The van der Waals surface area contributed by atoms with Crippen LogP contribution < -0.4 is 10.6 Å². The Labute approximate surface area is 153 Å². The molecule has 2 aromatic rings. The number of halogens is 1. The van der Waals surface area contributed by atoms with Gasteiger partial charge in [0.2, 0.25) is 0 Å². The van der Waals surface area contributed by atoms with Gasteiger partial charge in [-0.05, 0) is 43.6 Å². The van der Waals surface area contributed by atoms with E-state index in [-0.39, 0.29) is 11.9 Å². The Bertz CT molecular complexity index is 758. The summed E-state index contributed by atoms with van der Waals surface area (Å²) in [5.41, 5.74) is 0.435. The van der Waals surface area contributed by atoms with Crippen LogP contribution >= 0.6 is 12.2 Å². The Morgan fingerprint density at radius 3 is 2.76 bits per heavy atom. The number of nitrogens with zero attached hydrogens (tertiary/aromatic N) is 3. The average Bonchev–Trinajstić information content (AvgIpc) is 2.88. The molecule has 0 saturated carbocycles. The van der Waals surface area contributed by atoms with Crippen molar-refractivity contribution in [3.63, 3.8) is 0 Å². The largest absolute Gasteiger partial charge is 0.360 e. The predicted octanol–water partition coefficient (Wildman–Crippen LogP) is 2.77. The number of hydrogen-bond acceptors (Lipinski definition) is 3. The van der Waals surface area contributed by atoms with Gasteiger partial charge in [0.05, 0.1) is 0 Å². The van der Waals surface area contributed by atoms with Crippen LogP contribution in [0.25, 0.3) is 5.69 Å². The maximum Gasteiger partial charge on any atom is 0.166 e. The Morgan fingerprint density at radius 1 is 1.32 bits per heavy atom. The Hall–Kier alpha value is -2.02. The second kappa shape index (κ2) is 7.47. The van der Waals surface area contributed by atoms with E-state index in [9.17, 15) is 4.39 Å². The highest BCUT2D eigenvalue weighted by Crippen LogP contribution is 2.18. The van der Waals surface area contributed by atoms with E-state index in [1.807, 2.05) is 6.07 Å². The number of nitrogens with one attached hydrogen (secondary N) is 2. The van der Waals surface area contributed by atoms with Crippen LogP contribution in [0.3, 0.4) is 0 Å². The average molecular weight is 361 g/mol. The highest BCUT2D eigenvalue weighted by Gasteiger charge is 2.24. The predicted molar refractivity (Wildman–Crippen MR) is 100 cm³/mol. The third kappa shape index (κ3) is 4.34. The molecule has 1 aliphatic rings. The fraction of sp³-hybridized carbons (Fsp3) is 0.500. The lowest BCUT2D eigenvalue weighted by Gasteiger charge is -2.30. The van der Waals surface area contributed by atoms with Gasteiger partial charge in [-0.2, -0.15) is 5.10 Å². The molecule has 3 rings (SSSR count). The lowest BCUT2D eigenvalue weighted by molar-refractivity contribution is 0.432. The van der Waals surface area contributed by atoms with Crippen LogP contribution in [0.5, 0.6) is 0 Å². The van der Waals surface area contributed by atoms with Crippen LogP contribution in [0.2, 0.25) is 0 Å². The normalized spacial score (nSPS) is 20.4. The molecular formula is C18H24FN5S. The van der Waals surface area contributed by atoms with Gasteiger partial charge in [0.25, 0.3) is 0 Å². The lowest BCUT2D eigenvalue weighted by atomic mass is 10.0. The zero-order chi connectivity index (χ0) is 18.0. The summed E-state index contributed by atoms with van der Waals surface area (Å²) in [4.78, 5) is 4.69. The van der Waals surface area contributed by atoms with Crippen LogP contribution in [-0.2, 0) is 12.8 Å². The van der Waals surface area contributed by atoms with Crippen LogP contribution in [0.4, 0.5) is 4.39 Å². The molecule has 0 aliphatic carbocycles. The third-order valence-corrected chi connectivity index (χ3v) is 4.40. The van der Waals surface area contributed by atoms with Crippen molar-refractivity contribution in [2.75, 3.05) is 0 Å². The summed E-state index contributed by atoms with van der Waals surface area (Å²) in [5.74, 6) is 1.65. The van der Waals surface area contributed by atoms with E-state index < -0.39 is 0 Å². The number of aromatic nitrogens is 3. The molecule has 25 heavy (non-hydrogen) atoms. The topological polar surface area (TPSA) is 54.8 Å². The van der Waals surface area contributed by atoms with E-state index in [4.69, 9.17) is 17.2 Å². The first-order valence-electron chi connectivity index (χ1n) is 8.69. The Kier molecular flexibility index (Phi) is 5.32. The van der Waals surface area contributed by atoms with Crippen molar-refractivity contribution in [1.29, 1.82) is 0 Å². The van der Waals surface area contributed by atoms with E-state index >= 15 is 0 Å². The second-order valence-corrected chi connectivity index (χ2v) is 7.47. The van der Waals surface area contributed by atoms with Crippen LogP contribution in [0.1, 0.15) is 38.8 Å². The fourth-order valence-electron chi connectivity index (χ4n) is 3.14. The maximum absolute atomic E-state index is 14.3. The lowest BCUT2D eigenvalue weighted by Crippen LogP contribution is -2.54. The van der Waals surface area contributed by atoms with Crippen molar-refractivity contribution in [1.82, 2.24) is 25.4 Å². The van der Waals surface area contributed by atoms with Gasteiger partial charge in [-0.15, -0.1) is 0 Å². The molecule has 2 N–H and O–H groups in total. The summed E-state index contributed by atoms with van der Waals surface area (Å²) in [7, 11) is 0. The minimum Gasteiger partial charge on any atom is -0.360 e. The first-order valence-corrected chi connectivity index (χ1v) is 9.10. The molecule has 0 radical (unpaired) electrons. The number of rotatable bonds is 5. The van der Waals surface area contributed by atoms with Gasteiger partial charge in [-0.25, -0.2) is 14.1 Å². The molecule has 0 bridgehead atoms. The van der Waals surface area contributed by atoms with Crippen LogP contribution in [0, 0.1) is 11.7 Å². The first kappa shape index (κ1) is 17.8. The number of hydrogen-bond donors (Lipinski definition) is 2. The van der Waals surface area contributed by atoms with Crippen LogP contribution in [0.15, 0.2) is 24.3 Å². The molecule has 0 spiro atoms. The van der Waals surface area contributed by atoms with Crippen molar-refractivity contribution in [2.24, 2.45) is 5.92 Å². The van der Waals surface area contributed by atoms with Gasteiger partial charge >= 0.3 is 0 Å². The third-order valence-electron chi connectivity index (χ3n) is 4.17. The SMILES string of the molecule is CC(C)Cc1nc(C[C@@H]2C[C@@H](C)NC(=S)N2)n(-c2ccccc2F)n1. The maximum atomic E-state index is 14.3. The Morgan fingerprint density at radius 2 is 2.08 bits per heavy atom. The molecule has 1 saturated heterocycles. The molecule has 134 valence electrons. The number of thiocarbonyl (C=S) groups is 1. The molecule has 1 aliphatic heterocycles. The molecule has 2 atom stereocenters. The number of benzene rings is 1.